The van der Waals surface area contributed by atoms with Gasteiger partial charge in [-0.25, -0.2) is 4.98 Å². The molecule has 0 saturated carbocycles. The van der Waals surface area contributed by atoms with Gasteiger partial charge in [0.2, 0.25) is 0 Å². The molecule has 0 N–H and O–H groups in total. The number of nitrogens with zero attached hydrogens (tertiary/aromatic N) is 2. The lowest BCUT2D eigenvalue weighted by Crippen LogP contribution is -1.91. The van der Waals surface area contributed by atoms with Gasteiger partial charge in [-0.2, -0.15) is 0 Å². The first-order chi connectivity index (χ1) is 8.68. The van der Waals surface area contributed by atoms with Gasteiger partial charge in [-0.15, -0.1) is 0 Å². The Morgan fingerprint density at radius 1 is 0.889 bits per heavy atom. The predicted octanol–water partition coefficient (Wildman–Crippen LogP) is 5.27. The number of fused-ring (bicyclic) bond motifs is 1. The smallest absolute Gasteiger partial charge is 0.139 e. The van der Waals surface area contributed by atoms with E-state index < -0.39 is 0 Å². The van der Waals surface area contributed by atoms with Gasteiger partial charge in [0.1, 0.15) is 5.65 Å². The number of aryl methyl sites for hydroxylation is 3. The fraction of sp³-hybridized carbons (Fsp3) is 0.562. The van der Waals surface area contributed by atoms with Crippen LogP contribution in [0.2, 0.25) is 0 Å². The van der Waals surface area contributed by atoms with Gasteiger partial charge in [0.05, 0.1) is 0 Å². The van der Waals surface area contributed by atoms with Crippen molar-refractivity contribution in [2.24, 2.45) is 7.05 Å². The summed E-state index contributed by atoms with van der Waals surface area (Å²) in [6, 6.07) is 4.32. The molecule has 0 aromatic carbocycles. The first-order valence-corrected chi connectivity index (χ1v) is 7.07. The number of pyridine rings is 1. The zero-order chi connectivity index (χ0) is 14.7. The average Bonchev–Trinajstić information content (AvgIpc) is 2.71. The highest BCUT2D eigenvalue weighted by molar-refractivity contribution is 5.77. The molecule has 0 aliphatic heterocycles. The van der Waals surface area contributed by atoms with Crippen molar-refractivity contribution in [2.45, 2.75) is 55.4 Å². The quantitative estimate of drug-likeness (QED) is 0.623. The van der Waals surface area contributed by atoms with E-state index in [1.165, 1.54) is 16.6 Å². The summed E-state index contributed by atoms with van der Waals surface area (Å²) in [4.78, 5) is 4.36. The molecule has 0 bridgehead atoms. The molecule has 0 fully saturated rings. The van der Waals surface area contributed by atoms with Gasteiger partial charge in [0.15, 0.2) is 0 Å². The van der Waals surface area contributed by atoms with E-state index >= 15 is 0 Å². The molecule has 0 amide bonds. The number of hydrogen-bond donors (Lipinski definition) is 0. The molecule has 0 unspecified atom stereocenters. The molecule has 0 aliphatic rings. The third-order valence-corrected chi connectivity index (χ3v) is 2.24. The van der Waals surface area contributed by atoms with Crippen LogP contribution < -0.4 is 0 Å². The van der Waals surface area contributed by atoms with Gasteiger partial charge in [-0.1, -0.05) is 41.5 Å². The van der Waals surface area contributed by atoms with Gasteiger partial charge in [-0.3, -0.25) is 0 Å². The minimum absolute atomic E-state index is 1.07. The van der Waals surface area contributed by atoms with Gasteiger partial charge in [0.25, 0.3) is 0 Å². The Kier molecular flexibility index (Phi) is 11.4. The van der Waals surface area contributed by atoms with Crippen molar-refractivity contribution in [2.75, 3.05) is 0 Å². The first-order valence-electron chi connectivity index (χ1n) is 7.07. The Labute approximate surface area is 113 Å². The summed E-state index contributed by atoms with van der Waals surface area (Å²) in [7, 11) is 2.04. The molecule has 0 saturated heterocycles. The molecular weight excluding hydrogens is 220 g/mol. The summed E-state index contributed by atoms with van der Waals surface area (Å²) in [5.74, 6) is 0. The largest absolute Gasteiger partial charge is 0.333 e. The maximum Gasteiger partial charge on any atom is 0.139 e. The third kappa shape index (κ3) is 4.91. The molecule has 2 heteroatoms. The first kappa shape index (κ1) is 19.0. The molecule has 2 heterocycles. The van der Waals surface area contributed by atoms with Crippen molar-refractivity contribution in [3.05, 3.63) is 29.6 Å². The summed E-state index contributed by atoms with van der Waals surface area (Å²) in [5.41, 5.74) is 3.54. The second-order valence-electron chi connectivity index (χ2n) is 3.27. The molecule has 0 atom stereocenters. The van der Waals surface area contributed by atoms with Crippen LogP contribution in [-0.2, 0) is 7.05 Å². The molecule has 18 heavy (non-hydrogen) atoms. The Morgan fingerprint density at radius 2 is 1.39 bits per heavy atom. The summed E-state index contributed by atoms with van der Waals surface area (Å²) < 4.78 is 2.11. The minimum Gasteiger partial charge on any atom is -0.333 e. The zero-order valence-electron chi connectivity index (χ0n) is 13.6. The van der Waals surface area contributed by atoms with Gasteiger partial charge in [0, 0.05) is 24.3 Å². The topological polar surface area (TPSA) is 17.8 Å². The second kappa shape index (κ2) is 10.8. The third-order valence-electron chi connectivity index (χ3n) is 2.24. The van der Waals surface area contributed by atoms with Crippen LogP contribution in [0.25, 0.3) is 11.0 Å². The van der Waals surface area contributed by atoms with E-state index in [1.54, 1.807) is 0 Å². The summed E-state index contributed by atoms with van der Waals surface area (Å²) in [6.45, 7) is 16.2. The Morgan fingerprint density at radius 3 is 1.89 bits per heavy atom. The predicted molar refractivity (Wildman–Crippen MR) is 84.2 cm³/mol. The van der Waals surface area contributed by atoms with E-state index in [-0.39, 0.29) is 0 Å². The number of rotatable bonds is 0. The van der Waals surface area contributed by atoms with E-state index in [1.807, 2.05) is 54.8 Å². The molecule has 2 rings (SSSR count). The van der Waals surface area contributed by atoms with E-state index in [4.69, 9.17) is 0 Å². The molecule has 0 radical (unpaired) electrons. The van der Waals surface area contributed by atoms with Crippen LogP contribution in [0.5, 0.6) is 0 Å². The Bertz CT molecular complexity index is 428. The summed E-state index contributed by atoms with van der Waals surface area (Å²) >= 11 is 0. The minimum atomic E-state index is 1.07. The van der Waals surface area contributed by atoms with Crippen molar-refractivity contribution in [3.63, 3.8) is 0 Å². The lowest BCUT2D eigenvalue weighted by Gasteiger charge is -1.97. The van der Waals surface area contributed by atoms with Crippen molar-refractivity contribution < 1.29 is 0 Å². The summed E-state index contributed by atoms with van der Waals surface area (Å²) in [6.07, 6.45) is 1.90. The Hall–Kier alpha value is -1.31. The highest BCUT2D eigenvalue weighted by atomic mass is 15.0. The Balaban J connectivity index is 0. The van der Waals surface area contributed by atoms with E-state index in [2.05, 4.69) is 35.5 Å². The highest BCUT2D eigenvalue weighted by Gasteiger charge is 2.01. The van der Waals surface area contributed by atoms with Crippen LogP contribution in [-0.4, -0.2) is 9.55 Å². The lowest BCUT2D eigenvalue weighted by atomic mass is 10.2. The molecule has 2 aromatic rings. The lowest BCUT2D eigenvalue weighted by molar-refractivity contribution is 0.901. The maximum atomic E-state index is 4.36. The van der Waals surface area contributed by atoms with Crippen LogP contribution in [0.15, 0.2) is 18.3 Å². The van der Waals surface area contributed by atoms with E-state index in [0.29, 0.717) is 0 Å². The fourth-order valence-corrected chi connectivity index (χ4v) is 1.46. The van der Waals surface area contributed by atoms with Crippen molar-refractivity contribution in [1.29, 1.82) is 0 Å². The van der Waals surface area contributed by atoms with E-state index in [0.717, 1.165) is 5.65 Å². The SMILES string of the molecule is CC.CC.CC.Cc1cnc2c(c1)cc(C)n2C. The molecule has 0 aliphatic carbocycles. The standard InChI is InChI=1S/C10H12N2.3C2H6/c1-7-4-9-5-8(2)12(3)10(9)11-6-7;3*1-2/h4-6H,1-3H3;3*1-2H3. The maximum absolute atomic E-state index is 4.36. The average molecular weight is 250 g/mol. The number of hydrogen-bond acceptors (Lipinski definition) is 1. The molecule has 0 spiro atoms. The van der Waals surface area contributed by atoms with Crippen molar-refractivity contribution in [1.82, 2.24) is 9.55 Å². The monoisotopic (exact) mass is 250 g/mol. The van der Waals surface area contributed by atoms with Crippen molar-refractivity contribution >= 4 is 11.0 Å². The van der Waals surface area contributed by atoms with Gasteiger partial charge in [-0.05, 0) is 31.5 Å². The van der Waals surface area contributed by atoms with Crippen molar-refractivity contribution in [3.8, 4) is 0 Å². The normalized spacial score (nSPS) is 8.28. The number of aromatic nitrogens is 2. The highest BCUT2D eigenvalue weighted by Crippen LogP contribution is 2.16. The van der Waals surface area contributed by atoms with E-state index in [9.17, 15) is 0 Å². The van der Waals surface area contributed by atoms with Gasteiger partial charge < -0.3 is 4.57 Å². The fourth-order valence-electron chi connectivity index (χ4n) is 1.46. The van der Waals surface area contributed by atoms with Crippen LogP contribution in [0.3, 0.4) is 0 Å². The zero-order valence-corrected chi connectivity index (χ0v) is 13.6. The molecular formula is C16H30N2. The van der Waals surface area contributed by atoms with Crippen LogP contribution in [0.4, 0.5) is 0 Å². The molecule has 2 nitrogen and oxygen atoms in total. The van der Waals surface area contributed by atoms with Crippen LogP contribution in [0, 0.1) is 13.8 Å². The van der Waals surface area contributed by atoms with Gasteiger partial charge >= 0.3 is 0 Å². The summed E-state index contributed by atoms with van der Waals surface area (Å²) in [5, 5.41) is 1.23. The second-order valence-corrected chi connectivity index (χ2v) is 3.27. The molecule has 2 aromatic heterocycles. The van der Waals surface area contributed by atoms with Crippen LogP contribution in [0.1, 0.15) is 52.8 Å². The molecule has 104 valence electrons. The van der Waals surface area contributed by atoms with Crippen LogP contribution >= 0.6 is 0 Å².